The first-order chi connectivity index (χ1) is 5.65. The van der Waals surface area contributed by atoms with Crippen molar-refractivity contribution < 1.29 is 4.39 Å². The summed E-state index contributed by atoms with van der Waals surface area (Å²) in [6.45, 7) is 3.57. The Morgan fingerprint density at radius 2 is 2.08 bits per heavy atom. The average Bonchev–Trinajstić information content (AvgIpc) is 2.03. The topological polar surface area (TPSA) is 3.24 Å². The highest BCUT2D eigenvalue weighted by Crippen LogP contribution is 2.18. The predicted octanol–water partition coefficient (Wildman–Crippen LogP) is 2.53. The molecule has 0 spiro atoms. The Hall–Kier alpha value is -1.31. The van der Waals surface area contributed by atoms with Crippen molar-refractivity contribution in [2.24, 2.45) is 0 Å². The van der Waals surface area contributed by atoms with Crippen molar-refractivity contribution in [3.05, 3.63) is 36.2 Å². The monoisotopic (exact) mass is 165 g/mol. The zero-order chi connectivity index (χ0) is 9.14. The number of anilines is 1. The van der Waals surface area contributed by atoms with Gasteiger partial charge in [0, 0.05) is 14.1 Å². The van der Waals surface area contributed by atoms with E-state index >= 15 is 0 Å². The Balaban J connectivity index is 3.11. The SMILES string of the molecule is C=Cc1ccc(N(C)C)c(F)c1. The largest absolute Gasteiger partial charge is 0.375 e. The van der Waals surface area contributed by atoms with Crippen molar-refractivity contribution >= 4 is 11.8 Å². The van der Waals surface area contributed by atoms with Gasteiger partial charge in [-0.05, 0) is 17.7 Å². The zero-order valence-electron chi connectivity index (χ0n) is 7.34. The number of halogens is 1. The maximum atomic E-state index is 13.2. The number of nitrogens with zero attached hydrogens (tertiary/aromatic N) is 1. The number of hydrogen-bond acceptors (Lipinski definition) is 1. The second-order valence-corrected chi connectivity index (χ2v) is 2.81. The van der Waals surface area contributed by atoms with Gasteiger partial charge in [0.25, 0.3) is 0 Å². The fraction of sp³-hybridized carbons (Fsp3) is 0.200. The lowest BCUT2D eigenvalue weighted by molar-refractivity contribution is 0.626. The van der Waals surface area contributed by atoms with Crippen LogP contribution in [0.4, 0.5) is 10.1 Å². The minimum absolute atomic E-state index is 0.211. The highest BCUT2D eigenvalue weighted by molar-refractivity contribution is 5.55. The van der Waals surface area contributed by atoms with Gasteiger partial charge in [0.15, 0.2) is 0 Å². The standard InChI is InChI=1S/C10H12FN/c1-4-8-5-6-10(12(2)3)9(11)7-8/h4-7H,1H2,2-3H3. The smallest absolute Gasteiger partial charge is 0.147 e. The van der Waals surface area contributed by atoms with Gasteiger partial charge in [-0.2, -0.15) is 0 Å². The van der Waals surface area contributed by atoms with E-state index in [9.17, 15) is 4.39 Å². The molecule has 2 heteroatoms. The van der Waals surface area contributed by atoms with Gasteiger partial charge in [-0.3, -0.25) is 0 Å². The summed E-state index contributed by atoms with van der Waals surface area (Å²) >= 11 is 0. The average molecular weight is 165 g/mol. The van der Waals surface area contributed by atoms with Gasteiger partial charge in [-0.25, -0.2) is 4.39 Å². The Kier molecular flexibility index (Phi) is 2.48. The molecule has 1 aromatic carbocycles. The van der Waals surface area contributed by atoms with E-state index in [1.165, 1.54) is 6.07 Å². The van der Waals surface area contributed by atoms with Gasteiger partial charge in [0.2, 0.25) is 0 Å². The van der Waals surface area contributed by atoms with Gasteiger partial charge < -0.3 is 4.90 Å². The van der Waals surface area contributed by atoms with Crippen LogP contribution in [0, 0.1) is 5.82 Å². The molecule has 0 aromatic heterocycles. The molecule has 0 N–H and O–H groups in total. The fourth-order valence-electron chi connectivity index (χ4n) is 1.01. The first-order valence-corrected chi connectivity index (χ1v) is 3.74. The minimum atomic E-state index is -0.211. The Labute approximate surface area is 72.1 Å². The molecule has 64 valence electrons. The van der Waals surface area contributed by atoms with Crippen LogP contribution in [0.15, 0.2) is 24.8 Å². The Bertz CT molecular complexity index is 292. The number of rotatable bonds is 2. The van der Waals surface area contributed by atoms with Crippen LogP contribution in [0.2, 0.25) is 0 Å². The highest BCUT2D eigenvalue weighted by atomic mass is 19.1. The molecule has 12 heavy (non-hydrogen) atoms. The zero-order valence-corrected chi connectivity index (χ0v) is 7.34. The third kappa shape index (κ3) is 1.64. The van der Waals surface area contributed by atoms with E-state index in [2.05, 4.69) is 6.58 Å². The minimum Gasteiger partial charge on any atom is -0.375 e. The Morgan fingerprint density at radius 3 is 2.50 bits per heavy atom. The van der Waals surface area contributed by atoms with E-state index in [1.807, 2.05) is 20.2 Å². The van der Waals surface area contributed by atoms with Gasteiger partial charge in [-0.1, -0.05) is 18.7 Å². The molecule has 0 bridgehead atoms. The van der Waals surface area contributed by atoms with Crippen molar-refractivity contribution in [2.45, 2.75) is 0 Å². The molecule has 0 aliphatic rings. The molecule has 0 aliphatic heterocycles. The van der Waals surface area contributed by atoms with Crippen LogP contribution < -0.4 is 4.90 Å². The van der Waals surface area contributed by atoms with E-state index in [-0.39, 0.29) is 5.82 Å². The molecule has 0 unspecified atom stereocenters. The van der Waals surface area contributed by atoms with E-state index < -0.39 is 0 Å². The summed E-state index contributed by atoms with van der Waals surface area (Å²) in [6.07, 6.45) is 1.63. The maximum absolute atomic E-state index is 13.2. The van der Waals surface area contributed by atoms with Gasteiger partial charge >= 0.3 is 0 Å². The molecule has 0 saturated carbocycles. The van der Waals surface area contributed by atoms with Crippen LogP contribution in [0.25, 0.3) is 6.08 Å². The summed E-state index contributed by atoms with van der Waals surface area (Å²) in [5.74, 6) is -0.211. The molecular weight excluding hydrogens is 153 g/mol. The van der Waals surface area contributed by atoms with Crippen LogP contribution in [0.3, 0.4) is 0 Å². The van der Waals surface area contributed by atoms with Crippen molar-refractivity contribution in [1.82, 2.24) is 0 Å². The van der Waals surface area contributed by atoms with Crippen molar-refractivity contribution in [2.75, 3.05) is 19.0 Å². The molecular formula is C10H12FN. The molecule has 0 fully saturated rings. The molecule has 0 radical (unpaired) electrons. The lowest BCUT2D eigenvalue weighted by atomic mass is 10.2. The summed E-state index contributed by atoms with van der Waals surface area (Å²) in [5, 5.41) is 0. The number of hydrogen-bond donors (Lipinski definition) is 0. The molecule has 0 aliphatic carbocycles. The number of benzene rings is 1. The van der Waals surface area contributed by atoms with Gasteiger partial charge in [-0.15, -0.1) is 0 Å². The molecule has 1 aromatic rings. The fourth-order valence-corrected chi connectivity index (χ4v) is 1.01. The Morgan fingerprint density at radius 1 is 1.42 bits per heavy atom. The summed E-state index contributed by atoms with van der Waals surface area (Å²) in [5.41, 5.74) is 1.40. The maximum Gasteiger partial charge on any atom is 0.147 e. The normalized spacial score (nSPS) is 9.58. The molecule has 0 atom stereocenters. The second-order valence-electron chi connectivity index (χ2n) is 2.81. The molecule has 0 saturated heterocycles. The van der Waals surface area contributed by atoms with Gasteiger partial charge in [0.1, 0.15) is 5.82 Å². The molecule has 0 heterocycles. The third-order valence-electron chi connectivity index (χ3n) is 1.69. The van der Waals surface area contributed by atoms with Crippen molar-refractivity contribution in [1.29, 1.82) is 0 Å². The summed E-state index contributed by atoms with van der Waals surface area (Å²) in [4.78, 5) is 1.74. The second kappa shape index (κ2) is 3.39. The van der Waals surface area contributed by atoms with E-state index in [4.69, 9.17) is 0 Å². The first kappa shape index (κ1) is 8.78. The van der Waals surface area contributed by atoms with E-state index in [1.54, 1.807) is 17.0 Å². The van der Waals surface area contributed by atoms with E-state index in [0.29, 0.717) is 5.69 Å². The van der Waals surface area contributed by atoms with Gasteiger partial charge in [0.05, 0.1) is 5.69 Å². The van der Waals surface area contributed by atoms with Crippen LogP contribution >= 0.6 is 0 Å². The molecule has 1 rings (SSSR count). The van der Waals surface area contributed by atoms with Crippen LogP contribution in [0.5, 0.6) is 0 Å². The first-order valence-electron chi connectivity index (χ1n) is 3.74. The highest BCUT2D eigenvalue weighted by Gasteiger charge is 2.02. The third-order valence-corrected chi connectivity index (χ3v) is 1.69. The summed E-state index contributed by atoms with van der Waals surface area (Å²) in [7, 11) is 3.62. The van der Waals surface area contributed by atoms with Crippen LogP contribution in [-0.2, 0) is 0 Å². The quantitative estimate of drug-likeness (QED) is 0.651. The summed E-state index contributed by atoms with van der Waals surface area (Å²) in [6, 6.07) is 5.06. The van der Waals surface area contributed by atoms with Crippen molar-refractivity contribution in [3.63, 3.8) is 0 Å². The predicted molar refractivity (Wildman–Crippen MR) is 50.8 cm³/mol. The lowest BCUT2D eigenvalue weighted by Gasteiger charge is -2.13. The van der Waals surface area contributed by atoms with E-state index in [0.717, 1.165) is 5.56 Å². The molecule has 1 nitrogen and oxygen atoms in total. The molecule has 0 amide bonds. The van der Waals surface area contributed by atoms with Crippen LogP contribution in [0.1, 0.15) is 5.56 Å². The summed E-state index contributed by atoms with van der Waals surface area (Å²) < 4.78 is 13.2. The lowest BCUT2D eigenvalue weighted by Crippen LogP contribution is -2.10. The van der Waals surface area contributed by atoms with Crippen molar-refractivity contribution in [3.8, 4) is 0 Å². The van der Waals surface area contributed by atoms with Crippen LogP contribution in [-0.4, -0.2) is 14.1 Å².